The first-order chi connectivity index (χ1) is 10.4. The third-order valence-electron chi connectivity index (χ3n) is 3.46. The van der Waals surface area contributed by atoms with Gasteiger partial charge in [0.1, 0.15) is 0 Å². The second-order valence-electron chi connectivity index (χ2n) is 6.58. The third kappa shape index (κ3) is 5.63. The first-order valence-electron chi connectivity index (χ1n) is 7.82. The van der Waals surface area contributed by atoms with Gasteiger partial charge in [0.25, 0.3) is 0 Å². The van der Waals surface area contributed by atoms with Crippen LogP contribution in [0.2, 0.25) is 0 Å². The molecule has 0 N–H and O–H groups in total. The molecule has 0 amide bonds. The highest BCUT2D eigenvalue weighted by Gasteiger charge is 2.10. The Morgan fingerprint density at radius 1 is 0.818 bits per heavy atom. The number of hydrogen-bond acceptors (Lipinski definition) is 2. The molecule has 2 aromatic carbocycles. The van der Waals surface area contributed by atoms with E-state index in [1.54, 1.807) is 0 Å². The van der Waals surface area contributed by atoms with Crippen molar-refractivity contribution in [2.24, 2.45) is 0 Å². The van der Waals surface area contributed by atoms with Crippen LogP contribution in [0, 0.1) is 0 Å². The smallest absolute Gasteiger partial charge is 0.0801 e. The zero-order valence-electron chi connectivity index (χ0n) is 14.0. The summed E-state index contributed by atoms with van der Waals surface area (Å²) < 4.78 is 11.7. The zero-order valence-corrected chi connectivity index (χ0v) is 14.0. The van der Waals surface area contributed by atoms with Gasteiger partial charge in [-0.2, -0.15) is 0 Å². The largest absolute Gasteiger partial charge is 0.371 e. The highest BCUT2D eigenvalue weighted by atomic mass is 16.5. The lowest BCUT2D eigenvalue weighted by Gasteiger charge is -2.20. The van der Waals surface area contributed by atoms with Crippen LogP contribution in [0.5, 0.6) is 0 Å². The predicted molar refractivity (Wildman–Crippen MR) is 90.6 cm³/mol. The second-order valence-corrected chi connectivity index (χ2v) is 6.58. The fourth-order valence-electron chi connectivity index (χ4n) is 2.08. The summed E-state index contributed by atoms with van der Waals surface area (Å²) in [6, 6.07) is 18.7. The summed E-state index contributed by atoms with van der Waals surface area (Å²) in [4.78, 5) is 0. The molecule has 0 aromatic heterocycles. The number of rotatable bonds is 6. The standard InChI is InChI=1S/C20H26O2/c1-16(21-14-17-8-6-5-7-9-17)19-12-10-18(11-13-19)15-22-20(2,3)4/h5-13,16H,14-15H2,1-4H3. The van der Waals surface area contributed by atoms with E-state index in [9.17, 15) is 0 Å². The van der Waals surface area contributed by atoms with Crippen LogP contribution in [0.4, 0.5) is 0 Å². The number of hydrogen-bond donors (Lipinski definition) is 0. The lowest BCUT2D eigenvalue weighted by Crippen LogP contribution is -2.18. The van der Waals surface area contributed by atoms with Crippen LogP contribution in [0.3, 0.4) is 0 Å². The van der Waals surface area contributed by atoms with E-state index in [-0.39, 0.29) is 11.7 Å². The summed E-state index contributed by atoms with van der Waals surface area (Å²) in [5.74, 6) is 0. The molecule has 1 unspecified atom stereocenters. The Hall–Kier alpha value is -1.64. The zero-order chi connectivity index (χ0) is 16.0. The van der Waals surface area contributed by atoms with E-state index in [0.29, 0.717) is 13.2 Å². The molecule has 0 saturated heterocycles. The molecule has 2 nitrogen and oxygen atoms in total. The van der Waals surface area contributed by atoms with Crippen molar-refractivity contribution in [3.05, 3.63) is 71.3 Å². The topological polar surface area (TPSA) is 18.5 Å². The molecule has 0 saturated carbocycles. The number of ether oxygens (including phenoxy) is 2. The van der Waals surface area contributed by atoms with E-state index in [0.717, 1.165) is 0 Å². The first kappa shape index (κ1) is 16.7. The molecule has 0 aliphatic carbocycles. The average molecular weight is 298 g/mol. The maximum atomic E-state index is 5.94. The summed E-state index contributed by atoms with van der Waals surface area (Å²) in [5.41, 5.74) is 3.47. The number of benzene rings is 2. The van der Waals surface area contributed by atoms with Gasteiger partial charge in [0.15, 0.2) is 0 Å². The van der Waals surface area contributed by atoms with Crippen molar-refractivity contribution in [1.82, 2.24) is 0 Å². The van der Waals surface area contributed by atoms with E-state index < -0.39 is 0 Å². The Labute approximate surface area is 134 Å². The van der Waals surface area contributed by atoms with Crippen molar-refractivity contribution >= 4 is 0 Å². The molecule has 2 rings (SSSR count). The van der Waals surface area contributed by atoms with Gasteiger partial charge in [-0.25, -0.2) is 0 Å². The molecule has 2 heteroatoms. The Balaban J connectivity index is 1.86. The minimum Gasteiger partial charge on any atom is -0.371 e. The quantitative estimate of drug-likeness (QED) is 0.722. The molecule has 0 spiro atoms. The predicted octanol–water partition coefficient (Wildman–Crippen LogP) is 5.28. The summed E-state index contributed by atoms with van der Waals surface area (Å²) in [6.45, 7) is 9.58. The lowest BCUT2D eigenvalue weighted by atomic mass is 10.1. The fourth-order valence-corrected chi connectivity index (χ4v) is 2.08. The van der Waals surface area contributed by atoms with Gasteiger partial charge >= 0.3 is 0 Å². The molecule has 22 heavy (non-hydrogen) atoms. The SMILES string of the molecule is CC(OCc1ccccc1)c1ccc(COC(C)(C)C)cc1. The molecular weight excluding hydrogens is 272 g/mol. The van der Waals surface area contributed by atoms with Crippen molar-refractivity contribution < 1.29 is 9.47 Å². The molecule has 0 heterocycles. The van der Waals surface area contributed by atoms with E-state index in [4.69, 9.17) is 9.47 Å². The van der Waals surface area contributed by atoms with Crippen molar-refractivity contribution in [3.63, 3.8) is 0 Å². The fraction of sp³-hybridized carbons (Fsp3) is 0.400. The molecule has 0 aliphatic heterocycles. The molecule has 118 valence electrons. The average Bonchev–Trinajstić information content (AvgIpc) is 2.51. The maximum absolute atomic E-state index is 5.94. The van der Waals surface area contributed by atoms with Gasteiger partial charge in [0.2, 0.25) is 0 Å². The van der Waals surface area contributed by atoms with Crippen LogP contribution in [0.25, 0.3) is 0 Å². The van der Waals surface area contributed by atoms with Crippen LogP contribution < -0.4 is 0 Å². The van der Waals surface area contributed by atoms with Gasteiger partial charge in [-0.05, 0) is 44.4 Å². The molecule has 2 aromatic rings. The Morgan fingerprint density at radius 3 is 2.00 bits per heavy atom. The summed E-state index contributed by atoms with van der Waals surface area (Å²) in [7, 11) is 0. The van der Waals surface area contributed by atoms with Crippen molar-refractivity contribution in [1.29, 1.82) is 0 Å². The Morgan fingerprint density at radius 2 is 1.41 bits per heavy atom. The third-order valence-corrected chi connectivity index (χ3v) is 3.46. The van der Waals surface area contributed by atoms with Crippen LogP contribution in [0.15, 0.2) is 54.6 Å². The molecule has 1 atom stereocenters. The normalized spacial score (nSPS) is 13.1. The highest BCUT2D eigenvalue weighted by molar-refractivity contribution is 5.23. The van der Waals surface area contributed by atoms with Gasteiger partial charge in [-0.15, -0.1) is 0 Å². The van der Waals surface area contributed by atoms with Gasteiger partial charge in [-0.3, -0.25) is 0 Å². The van der Waals surface area contributed by atoms with Gasteiger partial charge in [0, 0.05) is 0 Å². The van der Waals surface area contributed by atoms with E-state index in [1.165, 1.54) is 16.7 Å². The molecule has 0 radical (unpaired) electrons. The van der Waals surface area contributed by atoms with Crippen LogP contribution in [-0.4, -0.2) is 5.60 Å². The van der Waals surface area contributed by atoms with E-state index in [2.05, 4.69) is 64.1 Å². The molecular formula is C20H26O2. The van der Waals surface area contributed by atoms with E-state index in [1.807, 2.05) is 18.2 Å². The van der Waals surface area contributed by atoms with Crippen LogP contribution >= 0.6 is 0 Å². The van der Waals surface area contributed by atoms with Crippen LogP contribution in [-0.2, 0) is 22.7 Å². The Kier molecular flexibility index (Phi) is 5.76. The second kappa shape index (κ2) is 7.57. The molecule has 0 bridgehead atoms. The van der Waals surface area contributed by atoms with Crippen LogP contribution in [0.1, 0.15) is 50.5 Å². The highest BCUT2D eigenvalue weighted by Crippen LogP contribution is 2.20. The monoisotopic (exact) mass is 298 g/mol. The minimum atomic E-state index is -0.106. The minimum absolute atomic E-state index is 0.0813. The molecule has 0 aliphatic rings. The lowest BCUT2D eigenvalue weighted by molar-refractivity contribution is -0.0150. The van der Waals surface area contributed by atoms with E-state index >= 15 is 0 Å². The van der Waals surface area contributed by atoms with Crippen molar-refractivity contribution in [2.45, 2.75) is 52.6 Å². The molecule has 0 fully saturated rings. The summed E-state index contributed by atoms with van der Waals surface area (Å²) in [6.07, 6.45) is 0.0813. The summed E-state index contributed by atoms with van der Waals surface area (Å²) >= 11 is 0. The van der Waals surface area contributed by atoms with Crippen molar-refractivity contribution in [3.8, 4) is 0 Å². The maximum Gasteiger partial charge on any atom is 0.0801 e. The van der Waals surface area contributed by atoms with Gasteiger partial charge in [-0.1, -0.05) is 54.6 Å². The Bertz CT molecular complexity index is 553. The first-order valence-corrected chi connectivity index (χ1v) is 7.82. The summed E-state index contributed by atoms with van der Waals surface area (Å²) in [5, 5.41) is 0. The van der Waals surface area contributed by atoms with Gasteiger partial charge < -0.3 is 9.47 Å². The van der Waals surface area contributed by atoms with Crippen molar-refractivity contribution in [2.75, 3.05) is 0 Å². The van der Waals surface area contributed by atoms with Gasteiger partial charge in [0.05, 0.1) is 24.9 Å².